The number of ether oxygens (including phenoxy) is 1. The Hall–Kier alpha value is -1.53. The lowest BCUT2D eigenvalue weighted by Crippen LogP contribution is -2.08. The van der Waals surface area contributed by atoms with E-state index < -0.39 is 5.97 Å². The number of thiophene rings is 1. The van der Waals surface area contributed by atoms with Crippen molar-refractivity contribution in [2.45, 2.75) is 20.3 Å². The normalized spacial score (nSPS) is 11.1. The monoisotopic (exact) mass is 266 g/mol. The molecule has 0 aliphatic carbocycles. The van der Waals surface area contributed by atoms with Gasteiger partial charge < -0.3 is 9.84 Å². The van der Waals surface area contributed by atoms with E-state index in [1.165, 1.54) is 11.3 Å². The van der Waals surface area contributed by atoms with Crippen molar-refractivity contribution in [3.8, 4) is 0 Å². The second-order valence-electron chi connectivity index (χ2n) is 4.00. The molecule has 0 saturated carbocycles. The van der Waals surface area contributed by atoms with Crippen molar-refractivity contribution < 1.29 is 14.6 Å². The summed E-state index contributed by atoms with van der Waals surface area (Å²) in [5, 5.41) is 9.91. The van der Waals surface area contributed by atoms with Gasteiger partial charge in [0.2, 0.25) is 0 Å². The van der Waals surface area contributed by atoms with Gasteiger partial charge in [0.15, 0.2) is 5.69 Å². The molecule has 96 valence electrons. The molecule has 2 aromatic rings. The average molecular weight is 266 g/mol. The summed E-state index contributed by atoms with van der Waals surface area (Å²) >= 11 is 1.50. The highest BCUT2D eigenvalue weighted by Crippen LogP contribution is 2.30. The minimum atomic E-state index is -1.01. The quantitative estimate of drug-likeness (QED) is 0.918. The topological polar surface area (TPSA) is 72.3 Å². The molecule has 0 fully saturated rings. The SMILES string of the molecule is COCCc1nc(C(=O)O)c2c(C)c(C)sc2n1. The van der Waals surface area contributed by atoms with Crippen molar-refractivity contribution in [3.05, 3.63) is 22.0 Å². The number of hydrogen-bond donors (Lipinski definition) is 1. The van der Waals surface area contributed by atoms with E-state index in [1.807, 2.05) is 13.8 Å². The van der Waals surface area contributed by atoms with E-state index in [9.17, 15) is 9.90 Å². The minimum Gasteiger partial charge on any atom is -0.476 e. The molecule has 0 spiro atoms. The van der Waals surface area contributed by atoms with E-state index in [2.05, 4.69) is 9.97 Å². The van der Waals surface area contributed by atoms with E-state index in [1.54, 1.807) is 7.11 Å². The molecule has 0 atom stereocenters. The second kappa shape index (κ2) is 4.99. The first-order valence-electron chi connectivity index (χ1n) is 5.53. The van der Waals surface area contributed by atoms with E-state index in [-0.39, 0.29) is 5.69 Å². The van der Waals surface area contributed by atoms with Crippen LogP contribution in [-0.2, 0) is 11.2 Å². The van der Waals surface area contributed by atoms with Gasteiger partial charge >= 0.3 is 5.97 Å². The number of aromatic nitrogens is 2. The van der Waals surface area contributed by atoms with Crippen molar-refractivity contribution in [1.82, 2.24) is 9.97 Å². The standard InChI is InChI=1S/C12H14N2O3S/c1-6-7(2)18-11-9(6)10(12(15)16)13-8(14-11)4-5-17-3/h4-5H2,1-3H3,(H,15,16). The molecular formula is C12H14N2O3S. The Labute approximate surface area is 108 Å². The molecule has 0 bridgehead atoms. The highest BCUT2D eigenvalue weighted by molar-refractivity contribution is 7.18. The number of carbonyl (C=O) groups is 1. The molecule has 0 saturated heterocycles. The fraction of sp³-hybridized carbons (Fsp3) is 0.417. The third kappa shape index (κ3) is 2.21. The number of aryl methyl sites for hydroxylation is 2. The Kier molecular flexibility index (Phi) is 3.58. The molecule has 5 nitrogen and oxygen atoms in total. The van der Waals surface area contributed by atoms with E-state index in [0.29, 0.717) is 24.2 Å². The molecule has 1 N–H and O–H groups in total. The van der Waals surface area contributed by atoms with Gasteiger partial charge in [-0.15, -0.1) is 11.3 Å². The van der Waals surface area contributed by atoms with Crippen molar-refractivity contribution in [2.24, 2.45) is 0 Å². The van der Waals surface area contributed by atoms with Gasteiger partial charge in [-0.2, -0.15) is 0 Å². The fourth-order valence-corrected chi connectivity index (χ4v) is 2.80. The van der Waals surface area contributed by atoms with E-state index >= 15 is 0 Å². The smallest absolute Gasteiger partial charge is 0.355 e. The van der Waals surface area contributed by atoms with Gasteiger partial charge in [-0.3, -0.25) is 0 Å². The largest absolute Gasteiger partial charge is 0.476 e. The Morgan fingerprint density at radius 1 is 1.39 bits per heavy atom. The molecule has 0 aliphatic heterocycles. The van der Waals surface area contributed by atoms with Crippen LogP contribution in [0.25, 0.3) is 10.2 Å². The Morgan fingerprint density at radius 3 is 2.72 bits per heavy atom. The first-order chi connectivity index (χ1) is 8.54. The lowest BCUT2D eigenvalue weighted by atomic mass is 10.1. The van der Waals surface area contributed by atoms with Crippen molar-refractivity contribution >= 4 is 27.5 Å². The van der Waals surface area contributed by atoms with Gasteiger partial charge in [0, 0.05) is 23.8 Å². The molecule has 2 aromatic heterocycles. The van der Waals surface area contributed by atoms with E-state index in [0.717, 1.165) is 15.3 Å². The van der Waals surface area contributed by atoms with Gasteiger partial charge in [0.05, 0.1) is 6.61 Å². The fourth-order valence-electron chi connectivity index (χ4n) is 1.75. The molecule has 0 aromatic carbocycles. The van der Waals surface area contributed by atoms with Crippen LogP contribution in [0.15, 0.2) is 0 Å². The van der Waals surface area contributed by atoms with Crippen LogP contribution >= 0.6 is 11.3 Å². The average Bonchev–Trinajstić information content (AvgIpc) is 2.61. The maximum absolute atomic E-state index is 11.3. The molecule has 18 heavy (non-hydrogen) atoms. The second-order valence-corrected chi connectivity index (χ2v) is 5.20. The molecule has 0 aliphatic rings. The number of aromatic carboxylic acids is 1. The molecule has 0 amide bonds. The van der Waals surface area contributed by atoms with Crippen LogP contribution in [0.4, 0.5) is 0 Å². The Balaban J connectivity index is 2.63. The molecule has 0 radical (unpaired) electrons. The van der Waals surface area contributed by atoms with Crippen molar-refractivity contribution in [3.63, 3.8) is 0 Å². The summed E-state index contributed by atoms with van der Waals surface area (Å²) < 4.78 is 4.96. The van der Waals surface area contributed by atoms with Crippen LogP contribution in [0.5, 0.6) is 0 Å². The van der Waals surface area contributed by atoms with Gasteiger partial charge in [-0.05, 0) is 19.4 Å². The van der Waals surface area contributed by atoms with Crippen LogP contribution in [-0.4, -0.2) is 34.8 Å². The molecule has 2 rings (SSSR count). The van der Waals surface area contributed by atoms with Gasteiger partial charge in [-0.25, -0.2) is 14.8 Å². The summed E-state index contributed by atoms with van der Waals surface area (Å²) in [6, 6.07) is 0. The highest BCUT2D eigenvalue weighted by atomic mass is 32.1. The summed E-state index contributed by atoms with van der Waals surface area (Å²) in [6.07, 6.45) is 0.517. The summed E-state index contributed by atoms with van der Waals surface area (Å²) in [6.45, 7) is 4.34. The first-order valence-corrected chi connectivity index (χ1v) is 6.35. The number of carboxylic acids is 1. The van der Waals surface area contributed by atoms with Crippen LogP contribution in [0.2, 0.25) is 0 Å². The first kappa shape index (κ1) is 12.9. The zero-order valence-corrected chi connectivity index (χ0v) is 11.3. The lowest BCUT2D eigenvalue weighted by Gasteiger charge is -2.03. The predicted octanol–water partition coefficient (Wildman–Crippen LogP) is 2.20. The molecule has 2 heterocycles. The maximum atomic E-state index is 11.3. The molecular weight excluding hydrogens is 252 g/mol. The minimum absolute atomic E-state index is 0.0907. The van der Waals surface area contributed by atoms with Crippen LogP contribution in [0.3, 0.4) is 0 Å². The van der Waals surface area contributed by atoms with Crippen LogP contribution in [0.1, 0.15) is 26.8 Å². The third-order valence-electron chi connectivity index (χ3n) is 2.81. The maximum Gasteiger partial charge on any atom is 0.355 e. The summed E-state index contributed by atoms with van der Waals surface area (Å²) in [4.78, 5) is 21.6. The van der Waals surface area contributed by atoms with E-state index in [4.69, 9.17) is 4.74 Å². The van der Waals surface area contributed by atoms with Gasteiger partial charge in [-0.1, -0.05) is 0 Å². The summed E-state index contributed by atoms with van der Waals surface area (Å²) in [5.41, 5.74) is 1.04. The molecule has 0 unspecified atom stereocenters. The number of fused-ring (bicyclic) bond motifs is 1. The van der Waals surface area contributed by atoms with Crippen molar-refractivity contribution in [1.29, 1.82) is 0 Å². The Morgan fingerprint density at radius 2 is 2.11 bits per heavy atom. The lowest BCUT2D eigenvalue weighted by molar-refractivity contribution is 0.0692. The third-order valence-corrected chi connectivity index (χ3v) is 3.91. The van der Waals surface area contributed by atoms with Gasteiger partial charge in [0.25, 0.3) is 0 Å². The molecule has 6 heteroatoms. The summed E-state index contributed by atoms with van der Waals surface area (Å²) in [5.74, 6) is -0.495. The predicted molar refractivity (Wildman–Crippen MR) is 69.4 cm³/mol. The number of hydrogen-bond acceptors (Lipinski definition) is 5. The number of methoxy groups -OCH3 is 1. The van der Waals surface area contributed by atoms with Crippen molar-refractivity contribution in [2.75, 3.05) is 13.7 Å². The van der Waals surface area contributed by atoms with Crippen LogP contribution in [0, 0.1) is 13.8 Å². The zero-order valence-electron chi connectivity index (χ0n) is 10.5. The number of rotatable bonds is 4. The number of carboxylic acid groups (broad SMARTS) is 1. The summed E-state index contributed by atoms with van der Waals surface area (Å²) in [7, 11) is 1.59. The van der Waals surface area contributed by atoms with Crippen LogP contribution < -0.4 is 0 Å². The number of nitrogens with zero attached hydrogens (tertiary/aromatic N) is 2. The highest BCUT2D eigenvalue weighted by Gasteiger charge is 2.18. The Bertz CT molecular complexity index is 607. The van der Waals surface area contributed by atoms with Gasteiger partial charge in [0.1, 0.15) is 10.7 Å². The zero-order chi connectivity index (χ0) is 13.3.